The number of nitrogens with zero attached hydrogens (tertiary/aromatic N) is 5. The van der Waals surface area contributed by atoms with Crippen molar-refractivity contribution in [1.29, 1.82) is 0 Å². The third-order valence-electron chi connectivity index (χ3n) is 7.15. The molecule has 1 heterocycles. The zero-order valence-corrected chi connectivity index (χ0v) is 28.1. The first kappa shape index (κ1) is 35.8. The molecule has 0 amide bonds. The van der Waals surface area contributed by atoms with Crippen molar-refractivity contribution in [3.8, 4) is 33.7 Å². The maximum Gasteiger partial charge on any atom is 0.185 e. The molecule has 0 atom stereocenters. The molecule has 1 aromatic heterocycles. The Morgan fingerprint density at radius 2 is 0.980 bits per heavy atom. The normalized spacial score (nSPS) is 10.4. The van der Waals surface area contributed by atoms with Crippen molar-refractivity contribution in [2.24, 2.45) is 65.8 Å². The van der Waals surface area contributed by atoms with Gasteiger partial charge in [-0.3, -0.25) is 20.0 Å². The Hall–Kier alpha value is -6.07. The molecule has 0 aliphatic carbocycles. The van der Waals surface area contributed by atoms with Gasteiger partial charge in [0.1, 0.15) is 5.01 Å². The molecule has 254 valence electrons. The van der Waals surface area contributed by atoms with Gasteiger partial charge in [-0.15, -0.1) is 11.3 Å². The highest BCUT2D eigenvalue weighted by Crippen LogP contribution is 2.31. The summed E-state index contributed by atoms with van der Waals surface area (Å²) < 4.78 is 0. The minimum atomic E-state index is 0.0634. The topological polar surface area (TPSA) is 270 Å². The molecule has 3 aromatic carbocycles. The van der Waals surface area contributed by atoms with E-state index in [1.54, 1.807) is 11.3 Å². The molecule has 0 radical (unpaired) electrons. The molecule has 13 nitrogen and oxygen atoms in total. The molecule has 0 spiro atoms. The minimum Gasteiger partial charge on any atom is -0.370 e. The Balaban J connectivity index is 1.58. The fourth-order valence-electron chi connectivity index (χ4n) is 4.99. The molecule has 0 saturated carbocycles. The van der Waals surface area contributed by atoms with Crippen LogP contribution in [0.15, 0.2) is 86.0 Å². The highest BCUT2D eigenvalue weighted by atomic mass is 32.1. The van der Waals surface area contributed by atoms with Gasteiger partial charge in [-0.05, 0) is 84.3 Å². The SMILES string of the molecule is NC(N)=NCCc1cc(C#Cc2cccc(-c3nc(-c4cc(CCN=C(N)N)cc(CCN=C(N)N)c4)cs3)c2)cc(CCN=C(N)N)c1. The summed E-state index contributed by atoms with van der Waals surface area (Å²) in [6, 6.07) is 20.6. The van der Waals surface area contributed by atoms with E-state index in [1.165, 1.54) is 0 Å². The van der Waals surface area contributed by atoms with Crippen LogP contribution < -0.4 is 45.9 Å². The van der Waals surface area contributed by atoms with E-state index in [9.17, 15) is 0 Å². The van der Waals surface area contributed by atoms with Crippen LogP contribution in [0.5, 0.6) is 0 Å². The smallest absolute Gasteiger partial charge is 0.185 e. The second-order valence-corrected chi connectivity index (χ2v) is 12.0. The molecule has 0 saturated heterocycles. The molecular weight excluding hydrogens is 635 g/mol. The Labute approximate surface area is 290 Å². The summed E-state index contributed by atoms with van der Waals surface area (Å²) in [5.74, 6) is 6.90. The molecular formula is C35H43N13S. The number of nitrogens with two attached hydrogens (primary N) is 8. The van der Waals surface area contributed by atoms with Crippen molar-refractivity contribution >= 4 is 35.2 Å². The van der Waals surface area contributed by atoms with Gasteiger partial charge in [-0.1, -0.05) is 36.1 Å². The van der Waals surface area contributed by atoms with Gasteiger partial charge in [0.2, 0.25) is 0 Å². The molecule has 4 aromatic rings. The number of hydrogen-bond donors (Lipinski definition) is 8. The largest absolute Gasteiger partial charge is 0.370 e. The van der Waals surface area contributed by atoms with E-state index < -0.39 is 0 Å². The molecule has 0 aliphatic heterocycles. The van der Waals surface area contributed by atoms with Gasteiger partial charge in [0, 0.05) is 53.8 Å². The number of aliphatic imine (C=N–C) groups is 4. The second-order valence-electron chi connectivity index (χ2n) is 11.2. The lowest BCUT2D eigenvalue weighted by Crippen LogP contribution is -2.23. The monoisotopic (exact) mass is 677 g/mol. The van der Waals surface area contributed by atoms with E-state index in [-0.39, 0.29) is 23.8 Å². The maximum absolute atomic E-state index is 5.53. The van der Waals surface area contributed by atoms with Crippen molar-refractivity contribution < 1.29 is 0 Å². The summed E-state index contributed by atoms with van der Waals surface area (Å²) >= 11 is 1.57. The first-order chi connectivity index (χ1) is 23.5. The predicted molar refractivity (Wildman–Crippen MR) is 203 cm³/mol. The second kappa shape index (κ2) is 17.7. The number of hydrogen-bond acceptors (Lipinski definition) is 6. The minimum absolute atomic E-state index is 0.0634. The zero-order valence-electron chi connectivity index (χ0n) is 27.3. The van der Waals surface area contributed by atoms with Gasteiger partial charge in [-0.25, -0.2) is 4.98 Å². The summed E-state index contributed by atoms with van der Waals surface area (Å²) in [5.41, 5.74) is 53.1. The molecule has 14 heteroatoms. The van der Waals surface area contributed by atoms with Crippen molar-refractivity contribution in [2.75, 3.05) is 26.2 Å². The summed E-state index contributed by atoms with van der Waals surface area (Å²) in [6.07, 6.45) is 2.69. The van der Waals surface area contributed by atoms with E-state index in [2.05, 4.69) is 61.5 Å². The summed E-state index contributed by atoms with van der Waals surface area (Å²) in [4.78, 5) is 21.5. The number of benzene rings is 3. The molecule has 0 aliphatic rings. The predicted octanol–water partition coefficient (Wildman–Crippen LogP) is 1.14. The Morgan fingerprint density at radius 3 is 1.45 bits per heavy atom. The first-order valence-corrected chi connectivity index (χ1v) is 16.5. The average Bonchev–Trinajstić information content (AvgIpc) is 3.54. The highest BCUT2D eigenvalue weighted by molar-refractivity contribution is 7.13. The number of guanidine groups is 4. The molecule has 16 N–H and O–H groups in total. The summed E-state index contributed by atoms with van der Waals surface area (Å²) in [7, 11) is 0. The van der Waals surface area contributed by atoms with Gasteiger partial charge in [0.05, 0.1) is 5.69 Å². The molecule has 0 bridgehead atoms. The lowest BCUT2D eigenvalue weighted by molar-refractivity contribution is 0.934. The highest BCUT2D eigenvalue weighted by Gasteiger charge is 2.10. The first-order valence-electron chi connectivity index (χ1n) is 15.6. The number of aromatic nitrogens is 1. The average molecular weight is 678 g/mol. The maximum atomic E-state index is 5.53. The van der Waals surface area contributed by atoms with Crippen LogP contribution in [0.4, 0.5) is 0 Å². The van der Waals surface area contributed by atoms with Gasteiger partial charge in [0.15, 0.2) is 23.8 Å². The fourth-order valence-corrected chi connectivity index (χ4v) is 5.82. The van der Waals surface area contributed by atoms with E-state index >= 15 is 0 Å². The van der Waals surface area contributed by atoms with Crippen LogP contribution in [0.3, 0.4) is 0 Å². The van der Waals surface area contributed by atoms with Crippen LogP contribution in [-0.4, -0.2) is 55.0 Å². The molecule has 0 fully saturated rings. The Morgan fingerprint density at radius 1 is 0.531 bits per heavy atom. The van der Waals surface area contributed by atoms with Gasteiger partial charge in [0.25, 0.3) is 0 Å². The van der Waals surface area contributed by atoms with Crippen molar-refractivity contribution in [2.45, 2.75) is 25.7 Å². The zero-order chi connectivity index (χ0) is 35.2. The van der Waals surface area contributed by atoms with Crippen molar-refractivity contribution in [3.63, 3.8) is 0 Å². The lowest BCUT2D eigenvalue weighted by atomic mass is 10.00. The van der Waals surface area contributed by atoms with Gasteiger partial charge >= 0.3 is 0 Å². The summed E-state index contributed by atoms with van der Waals surface area (Å²) in [5, 5.41) is 2.94. The van der Waals surface area contributed by atoms with Gasteiger partial charge < -0.3 is 45.9 Å². The third-order valence-corrected chi connectivity index (χ3v) is 8.04. The lowest BCUT2D eigenvalue weighted by Gasteiger charge is -2.08. The standard InChI is InChI=1S/C35H43N13S/c36-32(37)44-10-6-24-14-23(15-25(16-24)7-11-45-33(38)39)5-4-22-2-1-3-28(18-22)31-48-30(21-49-31)29-19-26(8-12-46-34(40)41)17-27(20-29)9-13-47-35(42)43/h1-3,14-21H,6-13H2,(H4,36,37,44)(H4,38,39,45)(H4,40,41,46)(H4,42,43,47). The molecule has 4 rings (SSSR count). The van der Waals surface area contributed by atoms with Gasteiger partial charge in [-0.2, -0.15) is 0 Å². The quantitative estimate of drug-likeness (QED) is 0.0539. The van der Waals surface area contributed by atoms with Crippen molar-refractivity contribution in [1.82, 2.24) is 4.98 Å². The van der Waals surface area contributed by atoms with E-state index in [0.29, 0.717) is 51.9 Å². The number of rotatable bonds is 14. The van der Waals surface area contributed by atoms with Crippen LogP contribution in [0.2, 0.25) is 0 Å². The number of thiazole rings is 1. The van der Waals surface area contributed by atoms with E-state index in [0.717, 1.165) is 55.2 Å². The van der Waals surface area contributed by atoms with Crippen LogP contribution in [-0.2, 0) is 25.7 Å². The van der Waals surface area contributed by atoms with Crippen LogP contribution >= 0.6 is 11.3 Å². The Bertz CT molecular complexity index is 1830. The van der Waals surface area contributed by atoms with E-state index in [4.69, 9.17) is 50.9 Å². The summed E-state index contributed by atoms with van der Waals surface area (Å²) in [6.45, 7) is 1.92. The fraction of sp³-hybridized carbons (Fsp3) is 0.229. The van der Waals surface area contributed by atoms with Crippen LogP contribution in [0.1, 0.15) is 33.4 Å². The van der Waals surface area contributed by atoms with Crippen LogP contribution in [0, 0.1) is 11.8 Å². The molecule has 49 heavy (non-hydrogen) atoms. The van der Waals surface area contributed by atoms with Crippen molar-refractivity contribution in [3.05, 3.63) is 99.4 Å². The van der Waals surface area contributed by atoms with E-state index in [1.807, 2.05) is 36.4 Å². The third kappa shape index (κ3) is 12.2. The Kier molecular flexibility index (Phi) is 13.0. The van der Waals surface area contributed by atoms with Crippen LogP contribution in [0.25, 0.3) is 21.8 Å². The molecule has 0 unspecified atom stereocenters.